The number of likely N-dealkylation sites (tertiary alicyclic amines) is 1. The van der Waals surface area contributed by atoms with Crippen LogP contribution >= 0.6 is 0 Å². The Kier molecular flexibility index (Phi) is 1.64. The van der Waals surface area contributed by atoms with Crippen molar-refractivity contribution in [1.29, 1.82) is 0 Å². The maximum absolute atomic E-state index is 11.0. The molecule has 60 valence electrons. The predicted octanol–water partition coefficient (Wildman–Crippen LogP) is -0.540. The summed E-state index contributed by atoms with van der Waals surface area (Å²) < 4.78 is 0. The smallest absolute Gasteiger partial charge is 0.328 e. The fraction of sp³-hybridized carbons (Fsp3) is 0.500. The Balaban J connectivity index is 2.88. The molecule has 1 aliphatic rings. The van der Waals surface area contributed by atoms with Gasteiger partial charge in [-0.15, -0.1) is 0 Å². The molecular weight excluding hydrogens is 148 g/mol. The first-order valence-corrected chi connectivity index (χ1v) is 3.20. The number of carbonyl (C=O) groups excluding carboxylic acids is 3. The van der Waals surface area contributed by atoms with Crippen LogP contribution in [0.4, 0.5) is 4.79 Å². The molecule has 0 aromatic heterocycles. The van der Waals surface area contributed by atoms with E-state index in [1.165, 1.54) is 0 Å². The quantitative estimate of drug-likeness (QED) is 0.478. The maximum Gasteiger partial charge on any atom is 0.328 e. The van der Waals surface area contributed by atoms with Crippen LogP contribution in [-0.4, -0.2) is 22.7 Å². The van der Waals surface area contributed by atoms with Crippen LogP contribution in [0.2, 0.25) is 0 Å². The lowest BCUT2D eigenvalue weighted by molar-refractivity contribution is -0.135. The van der Waals surface area contributed by atoms with Crippen LogP contribution in [0.5, 0.6) is 0 Å². The molecule has 1 rings (SSSR count). The average molecular weight is 156 g/mol. The molecule has 1 atom stereocenters. The largest absolute Gasteiger partial charge is 0.351 e. The molecule has 0 spiro atoms. The lowest BCUT2D eigenvalue weighted by Crippen LogP contribution is -2.40. The molecular formula is C6H8N2O3. The lowest BCUT2D eigenvalue weighted by atomic mass is 10.1. The highest BCUT2D eigenvalue weighted by molar-refractivity contribution is 6.15. The van der Waals surface area contributed by atoms with Gasteiger partial charge < -0.3 is 5.73 Å². The standard InChI is InChI=1S/C6H8N2O3/c1-3-2-4(9)8(5(3)10)6(7)11/h3H,2H2,1H3,(H2,7,11)/t3-/m0/s1. The van der Waals surface area contributed by atoms with E-state index in [1.807, 2.05) is 0 Å². The molecule has 11 heavy (non-hydrogen) atoms. The fourth-order valence-electron chi connectivity index (χ4n) is 1.02. The molecule has 0 unspecified atom stereocenters. The highest BCUT2D eigenvalue weighted by Crippen LogP contribution is 2.17. The summed E-state index contributed by atoms with van der Waals surface area (Å²) in [7, 11) is 0. The lowest BCUT2D eigenvalue weighted by Gasteiger charge is -2.06. The second-order valence-electron chi connectivity index (χ2n) is 2.51. The van der Waals surface area contributed by atoms with E-state index in [9.17, 15) is 14.4 Å². The Morgan fingerprint density at radius 3 is 2.36 bits per heavy atom. The first kappa shape index (κ1) is 7.71. The van der Waals surface area contributed by atoms with E-state index in [1.54, 1.807) is 6.92 Å². The van der Waals surface area contributed by atoms with Gasteiger partial charge in [0.05, 0.1) is 0 Å². The van der Waals surface area contributed by atoms with Crippen LogP contribution in [0.15, 0.2) is 0 Å². The Bertz CT molecular complexity index is 236. The minimum absolute atomic E-state index is 0.0851. The van der Waals surface area contributed by atoms with Gasteiger partial charge in [0, 0.05) is 12.3 Å². The summed E-state index contributed by atoms with van der Waals surface area (Å²) in [5, 5.41) is 0. The van der Waals surface area contributed by atoms with Gasteiger partial charge in [-0.3, -0.25) is 9.59 Å². The van der Waals surface area contributed by atoms with Crippen LogP contribution in [0, 0.1) is 5.92 Å². The first-order valence-electron chi connectivity index (χ1n) is 3.20. The van der Waals surface area contributed by atoms with Crippen molar-refractivity contribution >= 4 is 17.8 Å². The summed E-state index contributed by atoms with van der Waals surface area (Å²) >= 11 is 0. The van der Waals surface area contributed by atoms with Crippen molar-refractivity contribution in [2.45, 2.75) is 13.3 Å². The average Bonchev–Trinajstić information content (AvgIpc) is 2.07. The Labute approximate surface area is 63.1 Å². The van der Waals surface area contributed by atoms with Crippen molar-refractivity contribution in [2.24, 2.45) is 11.7 Å². The third-order valence-corrected chi connectivity index (χ3v) is 1.59. The number of urea groups is 1. The van der Waals surface area contributed by atoms with Crippen molar-refractivity contribution in [3.63, 3.8) is 0 Å². The Morgan fingerprint density at radius 2 is 2.18 bits per heavy atom. The zero-order valence-corrected chi connectivity index (χ0v) is 6.03. The number of hydrogen-bond acceptors (Lipinski definition) is 3. The number of hydrogen-bond donors (Lipinski definition) is 1. The second kappa shape index (κ2) is 2.34. The molecule has 0 aromatic rings. The SMILES string of the molecule is C[C@H]1CC(=O)N(C(N)=O)C1=O. The van der Waals surface area contributed by atoms with Crippen LogP contribution in [0.1, 0.15) is 13.3 Å². The molecule has 1 fully saturated rings. The van der Waals surface area contributed by atoms with Gasteiger partial charge in [-0.05, 0) is 0 Å². The van der Waals surface area contributed by atoms with E-state index in [0.717, 1.165) is 0 Å². The molecule has 0 aliphatic carbocycles. The second-order valence-corrected chi connectivity index (χ2v) is 2.51. The number of rotatable bonds is 0. The third kappa shape index (κ3) is 1.09. The molecule has 0 saturated carbocycles. The molecule has 0 bridgehead atoms. The van der Waals surface area contributed by atoms with E-state index in [4.69, 9.17) is 5.73 Å². The van der Waals surface area contributed by atoms with Crippen molar-refractivity contribution in [3.05, 3.63) is 0 Å². The van der Waals surface area contributed by atoms with Gasteiger partial charge in [0.15, 0.2) is 0 Å². The van der Waals surface area contributed by atoms with Crippen molar-refractivity contribution < 1.29 is 14.4 Å². The molecule has 2 N–H and O–H groups in total. The summed E-state index contributed by atoms with van der Waals surface area (Å²) in [5.41, 5.74) is 4.79. The highest BCUT2D eigenvalue weighted by Gasteiger charge is 2.38. The molecule has 0 aromatic carbocycles. The molecule has 0 radical (unpaired) electrons. The number of carbonyl (C=O) groups is 3. The molecule has 5 heteroatoms. The Morgan fingerprint density at radius 1 is 1.64 bits per heavy atom. The minimum atomic E-state index is -0.982. The number of primary amides is 1. The summed E-state index contributed by atoms with van der Waals surface area (Å²) in [6, 6.07) is -0.982. The first-order chi connectivity index (χ1) is 5.04. The molecule has 5 nitrogen and oxygen atoms in total. The summed E-state index contributed by atoms with van der Waals surface area (Å²) in [6.07, 6.45) is 0.0851. The topological polar surface area (TPSA) is 80.5 Å². The van der Waals surface area contributed by atoms with Crippen LogP contribution < -0.4 is 5.73 Å². The summed E-state index contributed by atoms with van der Waals surface area (Å²) in [6.45, 7) is 1.59. The summed E-state index contributed by atoms with van der Waals surface area (Å²) in [4.78, 5) is 32.8. The highest BCUT2D eigenvalue weighted by atomic mass is 16.2. The summed E-state index contributed by atoms with van der Waals surface area (Å²) in [5.74, 6) is -1.41. The van der Waals surface area contributed by atoms with E-state index in [2.05, 4.69) is 0 Å². The van der Waals surface area contributed by atoms with Gasteiger partial charge in [-0.1, -0.05) is 6.92 Å². The molecule has 1 saturated heterocycles. The Hall–Kier alpha value is -1.39. The van der Waals surface area contributed by atoms with Gasteiger partial charge in [-0.2, -0.15) is 0 Å². The van der Waals surface area contributed by atoms with Gasteiger partial charge in [0.25, 0.3) is 0 Å². The van der Waals surface area contributed by atoms with Crippen LogP contribution in [0.3, 0.4) is 0 Å². The number of nitrogens with zero attached hydrogens (tertiary/aromatic N) is 1. The van der Waals surface area contributed by atoms with E-state index >= 15 is 0 Å². The van der Waals surface area contributed by atoms with Crippen LogP contribution in [-0.2, 0) is 9.59 Å². The van der Waals surface area contributed by atoms with Crippen molar-refractivity contribution in [2.75, 3.05) is 0 Å². The maximum atomic E-state index is 11.0. The van der Waals surface area contributed by atoms with Crippen molar-refractivity contribution in [1.82, 2.24) is 4.90 Å². The van der Waals surface area contributed by atoms with E-state index in [0.29, 0.717) is 4.90 Å². The van der Waals surface area contributed by atoms with E-state index in [-0.39, 0.29) is 6.42 Å². The zero-order chi connectivity index (χ0) is 8.59. The normalized spacial score (nSPS) is 24.5. The molecule has 4 amide bonds. The van der Waals surface area contributed by atoms with Gasteiger partial charge >= 0.3 is 6.03 Å². The monoisotopic (exact) mass is 156 g/mol. The van der Waals surface area contributed by atoms with Gasteiger partial charge in [-0.25, -0.2) is 9.69 Å². The predicted molar refractivity (Wildman–Crippen MR) is 35.2 cm³/mol. The fourth-order valence-corrected chi connectivity index (χ4v) is 1.02. The zero-order valence-electron chi connectivity index (χ0n) is 6.03. The van der Waals surface area contributed by atoms with Gasteiger partial charge in [0.1, 0.15) is 0 Å². The van der Waals surface area contributed by atoms with Crippen molar-refractivity contribution in [3.8, 4) is 0 Å². The number of amides is 4. The number of imide groups is 3. The third-order valence-electron chi connectivity index (χ3n) is 1.59. The number of nitrogens with two attached hydrogens (primary N) is 1. The van der Waals surface area contributed by atoms with Gasteiger partial charge in [0.2, 0.25) is 11.8 Å². The molecule has 1 heterocycles. The molecule has 1 aliphatic heterocycles. The minimum Gasteiger partial charge on any atom is -0.351 e. The van der Waals surface area contributed by atoms with E-state index < -0.39 is 23.8 Å². The van der Waals surface area contributed by atoms with Crippen LogP contribution in [0.25, 0.3) is 0 Å².